The smallest absolute Gasteiger partial charge is 0.234 e. The van der Waals surface area contributed by atoms with Crippen LogP contribution in [-0.4, -0.2) is 22.5 Å². The summed E-state index contributed by atoms with van der Waals surface area (Å²) in [6, 6.07) is 3.30. The molecular formula is C11H15BrI2N2O2. The average Bonchev–Trinajstić information content (AvgIpc) is 2.35. The Bertz CT molecular complexity index is 416. The Hall–Kier alpha value is 0.390. The fourth-order valence-electron chi connectivity index (χ4n) is 1.29. The molecule has 0 spiro atoms. The first kappa shape index (κ1) is 18.4. The topological polar surface area (TPSA) is 75.4 Å². The second-order valence-electron chi connectivity index (χ2n) is 3.32. The molecule has 0 saturated heterocycles. The summed E-state index contributed by atoms with van der Waals surface area (Å²) in [5.41, 5.74) is 5.88. The number of nitrogens with one attached hydrogen (secondary N) is 1. The maximum Gasteiger partial charge on any atom is 0.234 e. The zero-order valence-corrected chi connectivity index (χ0v) is 15.9. The highest BCUT2D eigenvalue weighted by atomic mass is 127. The molecule has 0 radical (unpaired) electrons. The molecule has 0 bridgehead atoms. The molecule has 4 nitrogen and oxygen atoms in total. The summed E-state index contributed by atoms with van der Waals surface area (Å²) in [6.45, 7) is 1.74. The van der Waals surface area contributed by atoms with E-state index in [1.807, 2.05) is 27.5 Å². The second-order valence-corrected chi connectivity index (χ2v) is 5.40. The Morgan fingerprint density at radius 3 is 2.61 bits per heavy atom. The molecule has 0 aromatic heterocycles. The number of carbonyl (C=O) groups excluding carboxylic acids is 1. The number of rotatable bonds is 3. The Kier molecular flexibility index (Phi) is 9.52. The van der Waals surface area contributed by atoms with Gasteiger partial charge in [-0.3, -0.25) is 4.79 Å². The number of carbonyl (C=O) groups is 1. The van der Waals surface area contributed by atoms with Gasteiger partial charge in [0.15, 0.2) is 0 Å². The van der Waals surface area contributed by atoms with Gasteiger partial charge in [0.05, 0.1) is 16.2 Å². The van der Waals surface area contributed by atoms with Gasteiger partial charge >= 0.3 is 0 Å². The normalized spacial score (nSPS) is 11.2. The van der Waals surface area contributed by atoms with Crippen molar-refractivity contribution in [3.63, 3.8) is 0 Å². The van der Waals surface area contributed by atoms with E-state index in [2.05, 4.69) is 43.8 Å². The Labute approximate surface area is 142 Å². The zero-order chi connectivity index (χ0) is 14.3. The van der Waals surface area contributed by atoms with Gasteiger partial charge in [0.1, 0.15) is 5.75 Å². The van der Waals surface area contributed by atoms with Crippen molar-refractivity contribution in [2.24, 2.45) is 5.73 Å². The van der Waals surface area contributed by atoms with Crippen molar-refractivity contribution in [2.45, 2.75) is 13.0 Å². The lowest BCUT2D eigenvalue weighted by Crippen LogP contribution is -2.32. The first-order chi connectivity index (χ1) is 8.45. The standard InChI is InChI=1S/C10H12BrIN2O2.CH3I/c1-5(14-9(15)4-13)7-2-6(11)3-8(12)10(7)16;1-2/h2-3,5,16H,4,13H2,1H3,(H,14,15);1H3/t5-;/m0./s1. The van der Waals surface area contributed by atoms with Crippen molar-refractivity contribution in [1.29, 1.82) is 0 Å². The Morgan fingerprint density at radius 2 is 2.11 bits per heavy atom. The molecule has 18 heavy (non-hydrogen) atoms. The van der Waals surface area contributed by atoms with Crippen LogP contribution >= 0.6 is 61.1 Å². The molecule has 1 amide bonds. The molecule has 0 heterocycles. The minimum Gasteiger partial charge on any atom is -0.506 e. The number of hydrogen-bond acceptors (Lipinski definition) is 3. The Balaban J connectivity index is 0.00000137. The first-order valence-corrected chi connectivity index (χ1v) is 9.03. The van der Waals surface area contributed by atoms with Gasteiger partial charge in [0.25, 0.3) is 0 Å². The number of halogens is 3. The molecule has 1 aromatic carbocycles. The van der Waals surface area contributed by atoms with E-state index in [9.17, 15) is 9.90 Å². The first-order valence-electron chi connectivity index (χ1n) is 5.00. The van der Waals surface area contributed by atoms with Crippen LogP contribution in [0.3, 0.4) is 0 Å². The van der Waals surface area contributed by atoms with E-state index in [1.165, 1.54) is 0 Å². The monoisotopic (exact) mass is 540 g/mol. The number of amides is 1. The van der Waals surface area contributed by atoms with E-state index in [0.717, 1.165) is 8.04 Å². The summed E-state index contributed by atoms with van der Waals surface area (Å²) in [4.78, 5) is 13.1. The lowest BCUT2D eigenvalue weighted by atomic mass is 10.1. The van der Waals surface area contributed by atoms with Gasteiger partial charge in [0.2, 0.25) is 5.91 Å². The molecule has 4 N–H and O–H groups in total. The molecule has 0 fully saturated rings. The fraction of sp³-hybridized carbons (Fsp3) is 0.364. The number of phenolic OH excluding ortho intramolecular Hbond substituents is 1. The summed E-state index contributed by atoms with van der Waals surface area (Å²) < 4.78 is 1.59. The summed E-state index contributed by atoms with van der Waals surface area (Å²) in [5.74, 6) is -0.0597. The maximum atomic E-state index is 11.1. The SMILES string of the molecule is CI.C[C@H](NC(=O)CN)c1cc(Br)cc(I)c1O. The maximum absolute atomic E-state index is 11.1. The highest BCUT2D eigenvalue weighted by Gasteiger charge is 2.15. The molecule has 0 aliphatic rings. The molecule has 0 saturated carbocycles. The Morgan fingerprint density at radius 1 is 1.56 bits per heavy atom. The molecule has 102 valence electrons. The number of nitrogens with two attached hydrogens (primary N) is 1. The number of benzene rings is 1. The minimum absolute atomic E-state index is 0.0593. The molecule has 0 aliphatic heterocycles. The van der Waals surface area contributed by atoms with Crippen molar-refractivity contribution >= 4 is 67.0 Å². The highest BCUT2D eigenvalue weighted by Crippen LogP contribution is 2.32. The third-order valence-electron chi connectivity index (χ3n) is 2.09. The number of alkyl halides is 1. The van der Waals surface area contributed by atoms with Crippen LogP contribution in [0, 0.1) is 3.57 Å². The average molecular weight is 541 g/mol. The van der Waals surface area contributed by atoms with Crippen LogP contribution in [0.15, 0.2) is 16.6 Å². The molecular weight excluding hydrogens is 526 g/mol. The summed E-state index contributed by atoms with van der Waals surface area (Å²) in [6.07, 6.45) is 0. The third kappa shape index (κ3) is 5.57. The van der Waals surface area contributed by atoms with Gasteiger partial charge in [-0.15, -0.1) is 0 Å². The van der Waals surface area contributed by atoms with Crippen molar-refractivity contribution in [2.75, 3.05) is 11.5 Å². The lowest BCUT2D eigenvalue weighted by Gasteiger charge is -2.16. The van der Waals surface area contributed by atoms with E-state index in [1.54, 1.807) is 19.1 Å². The second kappa shape index (κ2) is 9.32. The van der Waals surface area contributed by atoms with Gasteiger partial charge < -0.3 is 16.2 Å². The largest absolute Gasteiger partial charge is 0.506 e. The van der Waals surface area contributed by atoms with Crippen LogP contribution in [-0.2, 0) is 4.79 Å². The fourth-order valence-corrected chi connectivity index (χ4v) is 2.84. The van der Waals surface area contributed by atoms with Gasteiger partial charge in [0, 0.05) is 10.0 Å². The quantitative estimate of drug-likeness (QED) is 0.408. The van der Waals surface area contributed by atoms with Crippen LogP contribution in [0.4, 0.5) is 0 Å². The molecule has 7 heteroatoms. The van der Waals surface area contributed by atoms with Gasteiger partial charge in [-0.05, 0) is 46.6 Å². The minimum atomic E-state index is -0.276. The van der Waals surface area contributed by atoms with E-state index >= 15 is 0 Å². The van der Waals surface area contributed by atoms with Gasteiger partial charge in [-0.1, -0.05) is 38.5 Å². The molecule has 1 atom stereocenters. The number of phenols is 1. The molecule has 0 unspecified atom stereocenters. The number of aromatic hydroxyl groups is 1. The van der Waals surface area contributed by atoms with Crippen molar-refractivity contribution < 1.29 is 9.90 Å². The third-order valence-corrected chi connectivity index (χ3v) is 3.37. The summed E-state index contributed by atoms with van der Waals surface area (Å²) >= 11 is 7.53. The highest BCUT2D eigenvalue weighted by molar-refractivity contribution is 14.1. The van der Waals surface area contributed by atoms with Crippen LogP contribution in [0.5, 0.6) is 5.75 Å². The predicted molar refractivity (Wildman–Crippen MR) is 94.1 cm³/mol. The molecule has 0 aliphatic carbocycles. The van der Waals surface area contributed by atoms with Gasteiger partial charge in [-0.2, -0.15) is 0 Å². The van der Waals surface area contributed by atoms with Crippen LogP contribution < -0.4 is 11.1 Å². The molecule has 1 rings (SSSR count). The van der Waals surface area contributed by atoms with Crippen LogP contribution in [0.25, 0.3) is 0 Å². The molecule has 1 aromatic rings. The van der Waals surface area contributed by atoms with Gasteiger partial charge in [-0.25, -0.2) is 0 Å². The van der Waals surface area contributed by atoms with Crippen molar-refractivity contribution in [3.05, 3.63) is 25.7 Å². The zero-order valence-electron chi connectivity index (χ0n) is 10.0. The van der Waals surface area contributed by atoms with Crippen LogP contribution in [0.1, 0.15) is 18.5 Å². The van der Waals surface area contributed by atoms with Crippen molar-refractivity contribution in [1.82, 2.24) is 5.32 Å². The lowest BCUT2D eigenvalue weighted by molar-refractivity contribution is -0.120. The van der Waals surface area contributed by atoms with Crippen LogP contribution in [0.2, 0.25) is 0 Å². The summed E-state index contributed by atoms with van der Waals surface area (Å²) in [7, 11) is 0. The summed E-state index contributed by atoms with van der Waals surface area (Å²) in [5, 5.41) is 12.6. The van der Waals surface area contributed by atoms with Crippen molar-refractivity contribution in [3.8, 4) is 5.75 Å². The van der Waals surface area contributed by atoms with E-state index in [0.29, 0.717) is 5.56 Å². The van der Waals surface area contributed by atoms with E-state index in [4.69, 9.17) is 5.73 Å². The van der Waals surface area contributed by atoms with E-state index < -0.39 is 0 Å². The van der Waals surface area contributed by atoms with E-state index in [-0.39, 0.29) is 24.2 Å². The number of hydrogen-bond donors (Lipinski definition) is 3. The predicted octanol–water partition coefficient (Wildman–Crippen LogP) is 2.95.